The number of aliphatic hydroxyl groups is 1. The fourth-order valence-electron chi connectivity index (χ4n) is 2.38. The Morgan fingerprint density at radius 3 is 2.52 bits per heavy atom. The van der Waals surface area contributed by atoms with Gasteiger partial charge in [-0.2, -0.15) is 0 Å². The Morgan fingerprint density at radius 1 is 1.29 bits per heavy atom. The summed E-state index contributed by atoms with van der Waals surface area (Å²) in [4.78, 5) is 25.6. The van der Waals surface area contributed by atoms with Crippen LogP contribution in [-0.4, -0.2) is 41.7 Å². The van der Waals surface area contributed by atoms with Crippen LogP contribution in [0.5, 0.6) is 5.75 Å². The molecule has 2 N–H and O–H groups in total. The molecule has 0 aliphatic carbocycles. The number of benzene rings is 1. The summed E-state index contributed by atoms with van der Waals surface area (Å²) in [6, 6.07) is 6.68. The zero-order valence-corrected chi connectivity index (χ0v) is 12.3. The Hall–Kier alpha value is -2.08. The van der Waals surface area contributed by atoms with E-state index in [4.69, 9.17) is 9.84 Å². The number of imide groups is 1. The van der Waals surface area contributed by atoms with Gasteiger partial charge in [0.2, 0.25) is 0 Å². The summed E-state index contributed by atoms with van der Waals surface area (Å²) in [5, 5.41) is 11.6. The van der Waals surface area contributed by atoms with E-state index in [-0.39, 0.29) is 19.1 Å². The van der Waals surface area contributed by atoms with E-state index in [1.165, 1.54) is 0 Å². The molecule has 0 saturated carbocycles. The molecule has 114 valence electrons. The number of nitrogens with zero attached hydrogens (tertiary/aromatic N) is 1. The van der Waals surface area contributed by atoms with Crippen molar-refractivity contribution >= 4 is 11.9 Å². The Labute approximate surface area is 123 Å². The SMILES string of the molecule is CCOc1ccc(C2(C)NC(=O)N(CCCO)C2=O)cc1. The number of nitrogens with one attached hydrogen (secondary N) is 1. The van der Waals surface area contributed by atoms with Gasteiger partial charge in [0, 0.05) is 13.2 Å². The van der Waals surface area contributed by atoms with E-state index in [2.05, 4.69) is 5.32 Å². The summed E-state index contributed by atoms with van der Waals surface area (Å²) in [5.41, 5.74) is -0.368. The van der Waals surface area contributed by atoms with Crippen LogP contribution in [0.4, 0.5) is 4.79 Å². The van der Waals surface area contributed by atoms with Gasteiger partial charge in [-0.3, -0.25) is 9.69 Å². The molecule has 1 fully saturated rings. The van der Waals surface area contributed by atoms with Gasteiger partial charge in [-0.15, -0.1) is 0 Å². The van der Waals surface area contributed by atoms with Crippen molar-refractivity contribution in [3.8, 4) is 5.75 Å². The van der Waals surface area contributed by atoms with E-state index in [1.54, 1.807) is 31.2 Å². The quantitative estimate of drug-likeness (QED) is 0.773. The van der Waals surface area contributed by atoms with E-state index >= 15 is 0 Å². The van der Waals surface area contributed by atoms with Crippen LogP contribution in [0.1, 0.15) is 25.8 Å². The van der Waals surface area contributed by atoms with Crippen LogP contribution >= 0.6 is 0 Å². The predicted molar refractivity (Wildman–Crippen MR) is 76.9 cm³/mol. The summed E-state index contributed by atoms with van der Waals surface area (Å²) in [7, 11) is 0. The normalized spacial score (nSPS) is 21.6. The second-order valence-electron chi connectivity index (χ2n) is 5.05. The maximum absolute atomic E-state index is 12.5. The minimum atomic E-state index is -1.07. The molecule has 6 heteroatoms. The number of rotatable bonds is 6. The van der Waals surface area contributed by atoms with Gasteiger partial charge in [-0.05, 0) is 38.0 Å². The van der Waals surface area contributed by atoms with Crippen molar-refractivity contribution in [3.05, 3.63) is 29.8 Å². The van der Waals surface area contributed by atoms with Crippen LogP contribution in [0.15, 0.2) is 24.3 Å². The molecular formula is C15H20N2O4. The standard InChI is InChI=1S/C15H20N2O4/c1-3-21-12-7-5-11(6-8-12)15(2)13(19)17(9-4-10-18)14(20)16-15/h5-8,18H,3-4,9-10H2,1-2H3,(H,16,20). The lowest BCUT2D eigenvalue weighted by molar-refractivity contribution is -0.131. The van der Waals surface area contributed by atoms with E-state index in [9.17, 15) is 9.59 Å². The van der Waals surface area contributed by atoms with E-state index in [1.807, 2.05) is 6.92 Å². The highest BCUT2D eigenvalue weighted by Crippen LogP contribution is 2.30. The number of aliphatic hydroxyl groups excluding tert-OH is 1. The summed E-state index contributed by atoms with van der Waals surface area (Å²) in [5.74, 6) is 0.420. The van der Waals surface area contributed by atoms with Crippen molar-refractivity contribution in [1.29, 1.82) is 0 Å². The maximum Gasteiger partial charge on any atom is 0.325 e. The summed E-state index contributed by atoms with van der Waals surface area (Å²) < 4.78 is 5.37. The summed E-state index contributed by atoms with van der Waals surface area (Å²) >= 11 is 0. The molecule has 1 aromatic rings. The van der Waals surface area contributed by atoms with Gasteiger partial charge < -0.3 is 15.2 Å². The lowest BCUT2D eigenvalue weighted by Gasteiger charge is -2.22. The fourth-order valence-corrected chi connectivity index (χ4v) is 2.38. The molecule has 6 nitrogen and oxygen atoms in total. The van der Waals surface area contributed by atoms with Gasteiger partial charge in [-0.1, -0.05) is 12.1 Å². The molecule has 1 atom stereocenters. The number of ether oxygens (including phenoxy) is 1. The van der Waals surface area contributed by atoms with Gasteiger partial charge in [0.15, 0.2) is 0 Å². The van der Waals surface area contributed by atoms with Crippen molar-refractivity contribution in [2.75, 3.05) is 19.8 Å². The lowest BCUT2D eigenvalue weighted by Crippen LogP contribution is -2.41. The lowest BCUT2D eigenvalue weighted by atomic mass is 9.92. The Morgan fingerprint density at radius 2 is 1.95 bits per heavy atom. The molecule has 21 heavy (non-hydrogen) atoms. The van der Waals surface area contributed by atoms with E-state index in [0.29, 0.717) is 18.6 Å². The number of hydrogen-bond acceptors (Lipinski definition) is 4. The summed E-state index contributed by atoms with van der Waals surface area (Å²) in [6.07, 6.45) is 0.374. The second-order valence-corrected chi connectivity index (χ2v) is 5.05. The molecule has 1 aromatic carbocycles. The first-order valence-electron chi connectivity index (χ1n) is 7.01. The Bertz CT molecular complexity index is 529. The highest BCUT2D eigenvalue weighted by atomic mass is 16.5. The molecule has 1 saturated heterocycles. The van der Waals surface area contributed by atoms with Gasteiger partial charge >= 0.3 is 6.03 Å². The van der Waals surface area contributed by atoms with Crippen molar-refractivity contribution in [2.45, 2.75) is 25.8 Å². The Balaban J connectivity index is 2.21. The van der Waals surface area contributed by atoms with E-state index < -0.39 is 11.6 Å². The molecule has 0 aromatic heterocycles. The van der Waals surface area contributed by atoms with Crippen LogP contribution in [-0.2, 0) is 10.3 Å². The van der Waals surface area contributed by atoms with Gasteiger partial charge in [0.1, 0.15) is 11.3 Å². The van der Waals surface area contributed by atoms with Crippen molar-refractivity contribution in [1.82, 2.24) is 10.2 Å². The van der Waals surface area contributed by atoms with Crippen LogP contribution in [0, 0.1) is 0 Å². The maximum atomic E-state index is 12.5. The monoisotopic (exact) mass is 292 g/mol. The topological polar surface area (TPSA) is 78.9 Å². The minimum Gasteiger partial charge on any atom is -0.494 e. The first-order valence-corrected chi connectivity index (χ1v) is 7.01. The van der Waals surface area contributed by atoms with Crippen molar-refractivity contribution in [3.63, 3.8) is 0 Å². The molecule has 0 bridgehead atoms. The van der Waals surface area contributed by atoms with Crippen LogP contribution in [0.25, 0.3) is 0 Å². The molecule has 1 unspecified atom stereocenters. The largest absolute Gasteiger partial charge is 0.494 e. The second kappa shape index (κ2) is 6.13. The number of carbonyl (C=O) groups excluding carboxylic acids is 2. The average Bonchev–Trinajstić information content (AvgIpc) is 2.69. The third-order valence-electron chi connectivity index (χ3n) is 3.56. The molecule has 2 rings (SSSR count). The van der Waals surface area contributed by atoms with Gasteiger partial charge in [0.25, 0.3) is 5.91 Å². The number of urea groups is 1. The number of amides is 3. The molecule has 1 heterocycles. The van der Waals surface area contributed by atoms with Crippen LogP contribution in [0.2, 0.25) is 0 Å². The highest BCUT2D eigenvalue weighted by molar-refractivity contribution is 6.07. The zero-order chi connectivity index (χ0) is 15.5. The number of hydrogen-bond donors (Lipinski definition) is 2. The minimum absolute atomic E-state index is 0.0587. The molecule has 0 spiro atoms. The van der Waals surface area contributed by atoms with Gasteiger partial charge in [-0.25, -0.2) is 4.79 Å². The first-order chi connectivity index (χ1) is 10.0. The average molecular weight is 292 g/mol. The van der Waals surface area contributed by atoms with Crippen molar-refractivity contribution < 1.29 is 19.4 Å². The van der Waals surface area contributed by atoms with Crippen molar-refractivity contribution in [2.24, 2.45) is 0 Å². The molecule has 3 amide bonds. The molecule has 1 aliphatic rings. The highest BCUT2D eigenvalue weighted by Gasteiger charge is 2.48. The third kappa shape index (κ3) is 2.85. The van der Waals surface area contributed by atoms with Crippen LogP contribution in [0.3, 0.4) is 0 Å². The third-order valence-corrected chi connectivity index (χ3v) is 3.56. The molecule has 0 radical (unpaired) electrons. The van der Waals surface area contributed by atoms with E-state index in [0.717, 1.165) is 10.6 Å². The fraction of sp³-hybridized carbons (Fsp3) is 0.467. The summed E-state index contributed by atoms with van der Waals surface area (Å²) in [6.45, 7) is 4.31. The van der Waals surface area contributed by atoms with Crippen LogP contribution < -0.4 is 10.1 Å². The smallest absolute Gasteiger partial charge is 0.325 e. The molecule has 1 aliphatic heterocycles. The first kappa shape index (κ1) is 15.3. The molecular weight excluding hydrogens is 272 g/mol. The zero-order valence-electron chi connectivity index (χ0n) is 12.3. The number of carbonyl (C=O) groups is 2. The predicted octanol–water partition coefficient (Wildman–Crippen LogP) is 1.23. The Kier molecular flexibility index (Phi) is 4.47. The van der Waals surface area contributed by atoms with Gasteiger partial charge in [0.05, 0.1) is 6.61 Å².